The predicted octanol–water partition coefficient (Wildman–Crippen LogP) is 3.54. The fourth-order valence-corrected chi connectivity index (χ4v) is 4.36. The van der Waals surface area contributed by atoms with Gasteiger partial charge in [-0.3, -0.25) is 4.79 Å². The number of hydrogen-bond acceptors (Lipinski definition) is 3. The number of piperidine rings is 2. The summed E-state index contributed by atoms with van der Waals surface area (Å²) in [5.74, 6) is 0.697. The lowest BCUT2D eigenvalue weighted by Crippen LogP contribution is -2.56. The molecule has 0 atom stereocenters. The lowest BCUT2D eigenvalue weighted by molar-refractivity contribution is -0.159. The van der Waals surface area contributed by atoms with E-state index in [1.165, 1.54) is 0 Å². The molecule has 2 fully saturated rings. The van der Waals surface area contributed by atoms with Crippen LogP contribution in [0, 0.1) is 5.92 Å². The Morgan fingerprint density at radius 3 is 2.60 bits per heavy atom. The van der Waals surface area contributed by atoms with Gasteiger partial charge in [0.15, 0.2) is 0 Å². The zero-order chi connectivity index (χ0) is 17.9. The Morgan fingerprint density at radius 2 is 1.96 bits per heavy atom. The highest BCUT2D eigenvalue weighted by molar-refractivity contribution is 6.33. The summed E-state index contributed by atoms with van der Waals surface area (Å²) in [6.07, 6.45) is 4.40. The molecular weight excluding hydrogens is 359 g/mol. The molecule has 4 nitrogen and oxygen atoms in total. The maximum absolute atomic E-state index is 13.0. The first-order valence-electron chi connectivity index (χ1n) is 9.03. The molecule has 2 saturated heterocycles. The van der Waals surface area contributed by atoms with Gasteiger partial charge in [0.2, 0.25) is 0 Å². The van der Waals surface area contributed by atoms with Crippen molar-refractivity contribution in [2.75, 3.05) is 33.3 Å². The van der Waals surface area contributed by atoms with E-state index in [0.29, 0.717) is 5.92 Å². The summed E-state index contributed by atoms with van der Waals surface area (Å²) in [5, 5.41) is 4.80. The topological polar surface area (TPSA) is 41.6 Å². The van der Waals surface area contributed by atoms with Crippen molar-refractivity contribution < 1.29 is 9.53 Å². The van der Waals surface area contributed by atoms with E-state index < -0.39 is 5.60 Å². The van der Waals surface area contributed by atoms with Crippen molar-refractivity contribution in [3.63, 3.8) is 0 Å². The Bertz CT molecular complexity index is 609. The quantitative estimate of drug-likeness (QED) is 0.862. The highest BCUT2D eigenvalue weighted by Gasteiger charge is 2.43. The van der Waals surface area contributed by atoms with Crippen LogP contribution in [0.25, 0.3) is 0 Å². The van der Waals surface area contributed by atoms with Crippen LogP contribution in [0.4, 0.5) is 0 Å². The minimum absolute atomic E-state index is 0.163. The number of rotatable bonds is 4. The van der Waals surface area contributed by atoms with Gasteiger partial charge in [0, 0.05) is 30.2 Å². The average Bonchev–Trinajstić information content (AvgIpc) is 2.65. The van der Waals surface area contributed by atoms with Gasteiger partial charge in [0.05, 0.1) is 0 Å². The summed E-state index contributed by atoms with van der Waals surface area (Å²) in [6.45, 7) is 3.26. The summed E-state index contributed by atoms with van der Waals surface area (Å²) < 4.78 is 5.68. The molecule has 1 amide bonds. The van der Waals surface area contributed by atoms with Crippen molar-refractivity contribution in [1.82, 2.24) is 10.2 Å². The minimum atomic E-state index is -0.631. The van der Waals surface area contributed by atoms with Crippen molar-refractivity contribution >= 4 is 29.1 Å². The molecule has 138 valence electrons. The van der Waals surface area contributed by atoms with Gasteiger partial charge in [-0.05, 0) is 74.9 Å². The zero-order valence-electron chi connectivity index (χ0n) is 14.7. The molecule has 0 spiro atoms. The molecule has 0 aliphatic carbocycles. The molecule has 1 aromatic carbocycles. The van der Waals surface area contributed by atoms with E-state index in [4.69, 9.17) is 27.9 Å². The number of methoxy groups -OCH3 is 1. The van der Waals surface area contributed by atoms with Crippen molar-refractivity contribution in [1.29, 1.82) is 0 Å². The largest absolute Gasteiger partial charge is 0.368 e. The average molecular weight is 385 g/mol. The van der Waals surface area contributed by atoms with Crippen LogP contribution in [0.5, 0.6) is 0 Å². The van der Waals surface area contributed by atoms with E-state index in [-0.39, 0.29) is 5.91 Å². The molecule has 0 bridgehead atoms. The predicted molar refractivity (Wildman–Crippen MR) is 101 cm³/mol. The van der Waals surface area contributed by atoms with Gasteiger partial charge in [-0.2, -0.15) is 0 Å². The fourth-order valence-electron chi connectivity index (χ4n) is 3.97. The van der Waals surface area contributed by atoms with Gasteiger partial charge in [0.1, 0.15) is 5.60 Å². The SMILES string of the molecule is COC1(C(=O)N2CCC(Cc3cc(Cl)ccc3Cl)CC2)CCNCC1. The standard InChI is InChI=1S/C19H26Cl2N2O2/c1-25-19(6-8-22-9-7-19)18(24)23-10-4-14(5-11-23)12-15-13-16(20)2-3-17(15)21/h2-3,13-14,22H,4-12H2,1H3. The van der Waals surface area contributed by atoms with E-state index in [2.05, 4.69) is 5.32 Å². The molecule has 2 aliphatic rings. The summed E-state index contributed by atoms with van der Waals surface area (Å²) in [6, 6.07) is 5.63. The second kappa shape index (κ2) is 8.26. The van der Waals surface area contributed by atoms with Crippen LogP contribution in [0.15, 0.2) is 18.2 Å². The van der Waals surface area contributed by atoms with E-state index in [1.54, 1.807) is 7.11 Å². The number of hydrogen-bond donors (Lipinski definition) is 1. The second-order valence-electron chi connectivity index (χ2n) is 7.12. The van der Waals surface area contributed by atoms with Crippen molar-refractivity contribution in [3.8, 4) is 0 Å². The van der Waals surface area contributed by atoms with E-state index >= 15 is 0 Å². The maximum Gasteiger partial charge on any atom is 0.254 e. The molecule has 2 aliphatic heterocycles. The van der Waals surface area contributed by atoms with E-state index in [0.717, 1.165) is 73.9 Å². The van der Waals surface area contributed by atoms with Crippen LogP contribution in [0.2, 0.25) is 10.0 Å². The summed E-state index contributed by atoms with van der Waals surface area (Å²) >= 11 is 12.4. The third-order valence-corrected chi connectivity index (χ3v) is 6.21. The van der Waals surface area contributed by atoms with E-state index in [1.807, 2.05) is 23.1 Å². The molecule has 0 unspecified atom stereocenters. The molecule has 0 saturated carbocycles. The molecular formula is C19H26Cl2N2O2. The van der Waals surface area contributed by atoms with Crippen molar-refractivity contribution in [2.24, 2.45) is 5.92 Å². The number of halogens is 2. The number of nitrogens with zero attached hydrogens (tertiary/aromatic N) is 1. The summed E-state index contributed by atoms with van der Waals surface area (Å²) in [4.78, 5) is 15.0. The molecule has 6 heteroatoms. The highest BCUT2D eigenvalue weighted by Crippen LogP contribution is 2.30. The number of carbonyl (C=O) groups is 1. The number of likely N-dealkylation sites (tertiary alicyclic amines) is 1. The Balaban J connectivity index is 1.58. The van der Waals surface area contributed by atoms with Crippen LogP contribution in [0.3, 0.4) is 0 Å². The molecule has 2 heterocycles. The Hall–Kier alpha value is -0.810. The second-order valence-corrected chi connectivity index (χ2v) is 7.97. The number of ether oxygens (including phenoxy) is 1. The fraction of sp³-hybridized carbons (Fsp3) is 0.632. The van der Waals surface area contributed by atoms with Gasteiger partial charge in [-0.25, -0.2) is 0 Å². The van der Waals surface area contributed by atoms with Gasteiger partial charge >= 0.3 is 0 Å². The lowest BCUT2D eigenvalue weighted by Gasteiger charge is -2.41. The van der Waals surface area contributed by atoms with Gasteiger partial charge in [-0.15, -0.1) is 0 Å². The number of carbonyl (C=O) groups excluding carboxylic acids is 1. The minimum Gasteiger partial charge on any atom is -0.368 e. The van der Waals surface area contributed by atoms with Crippen molar-refractivity contribution in [2.45, 2.75) is 37.7 Å². The Kier molecular flexibility index (Phi) is 6.26. The van der Waals surface area contributed by atoms with Crippen LogP contribution in [0.1, 0.15) is 31.2 Å². The third-order valence-electron chi connectivity index (χ3n) is 5.61. The number of nitrogens with one attached hydrogen (secondary N) is 1. The van der Waals surface area contributed by atoms with E-state index in [9.17, 15) is 4.79 Å². The van der Waals surface area contributed by atoms with Gasteiger partial charge in [-0.1, -0.05) is 23.2 Å². The normalized spacial score (nSPS) is 21.3. The molecule has 1 N–H and O–H groups in total. The number of amides is 1. The molecule has 25 heavy (non-hydrogen) atoms. The zero-order valence-corrected chi connectivity index (χ0v) is 16.2. The number of benzene rings is 1. The maximum atomic E-state index is 13.0. The van der Waals surface area contributed by atoms with Crippen LogP contribution >= 0.6 is 23.2 Å². The van der Waals surface area contributed by atoms with Crippen molar-refractivity contribution in [3.05, 3.63) is 33.8 Å². The first-order chi connectivity index (χ1) is 12.0. The summed E-state index contributed by atoms with van der Waals surface area (Å²) in [7, 11) is 1.66. The highest BCUT2D eigenvalue weighted by atomic mass is 35.5. The van der Waals surface area contributed by atoms with Gasteiger partial charge < -0.3 is 15.0 Å². The van der Waals surface area contributed by atoms with Crippen LogP contribution in [-0.4, -0.2) is 49.7 Å². The monoisotopic (exact) mass is 384 g/mol. The molecule has 1 aromatic rings. The first-order valence-corrected chi connectivity index (χ1v) is 9.79. The molecule has 0 radical (unpaired) electrons. The smallest absolute Gasteiger partial charge is 0.254 e. The molecule has 0 aromatic heterocycles. The Labute approximate surface area is 159 Å². The molecule has 3 rings (SSSR count). The van der Waals surface area contributed by atoms with Crippen LogP contribution < -0.4 is 5.32 Å². The lowest BCUT2D eigenvalue weighted by atomic mass is 9.87. The van der Waals surface area contributed by atoms with Gasteiger partial charge in [0.25, 0.3) is 5.91 Å². The first kappa shape index (κ1) is 19.0. The van der Waals surface area contributed by atoms with Crippen LogP contribution in [-0.2, 0) is 16.0 Å². The summed E-state index contributed by atoms with van der Waals surface area (Å²) in [5.41, 5.74) is 0.472. The third kappa shape index (κ3) is 4.30. The Morgan fingerprint density at radius 1 is 1.28 bits per heavy atom.